The SMILES string of the molecule is CC(=O)N[C@H]1[C@H](O[C@H]2[C@@H](O)[C@@H](CO)O[C@H](O[C@@H]3[C@H](O)[C@@H](O[C@@H]4[C@H](O)[C@@H](O)O[C@H](CO)[C@H]4O)O[C@H](CO)[C@H]3O)[C@@H]2O)O[C@H](CO)[C@H](O)[C@@H]1O. The first-order valence-corrected chi connectivity index (χ1v) is 15.1. The van der Waals surface area contributed by atoms with Crippen molar-refractivity contribution < 1.29 is 104 Å². The van der Waals surface area contributed by atoms with Crippen LogP contribution in [0.3, 0.4) is 0 Å². The zero-order chi connectivity index (χ0) is 35.6. The van der Waals surface area contributed by atoms with Gasteiger partial charge in [0.25, 0.3) is 0 Å². The van der Waals surface area contributed by atoms with E-state index in [1.807, 2.05) is 0 Å². The zero-order valence-electron chi connectivity index (χ0n) is 25.5. The van der Waals surface area contributed by atoms with Crippen molar-refractivity contribution in [2.24, 2.45) is 0 Å². The summed E-state index contributed by atoms with van der Waals surface area (Å²) in [6, 6.07) is -1.50. The van der Waals surface area contributed by atoms with E-state index in [4.69, 9.17) is 33.2 Å². The smallest absolute Gasteiger partial charge is 0.217 e. The molecular weight excluding hydrogens is 662 g/mol. The summed E-state index contributed by atoms with van der Waals surface area (Å²) in [4.78, 5) is 11.8. The molecule has 0 unspecified atom stereocenters. The summed E-state index contributed by atoms with van der Waals surface area (Å²) in [5, 5.41) is 137. The van der Waals surface area contributed by atoms with E-state index in [1.165, 1.54) is 0 Å². The fourth-order valence-corrected chi connectivity index (χ4v) is 5.93. The lowest BCUT2D eigenvalue weighted by molar-refractivity contribution is -0.386. The Labute approximate surface area is 272 Å². The largest absolute Gasteiger partial charge is 0.394 e. The summed E-state index contributed by atoms with van der Waals surface area (Å²) in [6.07, 6.45) is -34.0. The molecule has 4 heterocycles. The Kier molecular flexibility index (Phi) is 13.8. The van der Waals surface area contributed by atoms with Crippen LogP contribution in [0.1, 0.15) is 6.92 Å². The Morgan fingerprint density at radius 3 is 1.27 bits per heavy atom. The van der Waals surface area contributed by atoms with Gasteiger partial charge in [-0.25, -0.2) is 0 Å². The third kappa shape index (κ3) is 8.08. The number of ether oxygens (including phenoxy) is 7. The quantitative estimate of drug-likeness (QED) is 0.0947. The number of nitrogens with one attached hydrogen (secondary N) is 1. The molecule has 4 aliphatic heterocycles. The van der Waals surface area contributed by atoms with Gasteiger partial charge in [0.2, 0.25) is 5.91 Å². The molecule has 4 saturated heterocycles. The molecule has 22 nitrogen and oxygen atoms in total. The Bertz CT molecular complexity index is 1030. The lowest BCUT2D eigenvalue weighted by Crippen LogP contribution is -2.69. The summed E-state index contributed by atoms with van der Waals surface area (Å²) in [5.74, 6) is -0.701. The molecule has 280 valence electrons. The minimum atomic E-state index is -2.06. The Morgan fingerprint density at radius 2 is 0.854 bits per heavy atom. The number of hydrogen-bond acceptors (Lipinski definition) is 21. The molecule has 0 aliphatic carbocycles. The fraction of sp³-hybridized carbons (Fsp3) is 0.962. The third-order valence-corrected chi connectivity index (χ3v) is 8.61. The highest BCUT2D eigenvalue weighted by Crippen LogP contribution is 2.34. The molecule has 0 aromatic carbocycles. The minimum absolute atomic E-state index is 0.701. The van der Waals surface area contributed by atoms with Gasteiger partial charge in [-0.1, -0.05) is 0 Å². The molecular formula is C26H45NO21. The van der Waals surface area contributed by atoms with E-state index in [-0.39, 0.29) is 0 Å². The standard InChI is InChI=1S/C26H45NO21/c1-6(32)27-11-16(37)12(33)7(2-28)43-24(11)46-21-14(35)9(4-30)45-26(18(21)39)48-22-15(36)10(5-31)44-25(19(22)40)47-20-13(34)8(3-29)42-23(41)17(20)38/h7-26,28-31,33-41H,2-5H2,1H3,(H,27,32)/t7-,8-,9-,10-,11-,12+,13-,14+,15-,16-,17+,18-,19+,20+,21+,22+,23+,24+,25-,26-/m1/s1. The van der Waals surface area contributed by atoms with E-state index in [9.17, 15) is 71.2 Å². The predicted octanol–water partition coefficient (Wildman–Crippen LogP) is -9.61. The number of aliphatic hydroxyl groups is 13. The lowest BCUT2D eigenvalue weighted by atomic mass is 9.95. The van der Waals surface area contributed by atoms with Gasteiger partial charge < -0.3 is 105 Å². The molecule has 14 N–H and O–H groups in total. The van der Waals surface area contributed by atoms with Gasteiger partial charge in [-0.15, -0.1) is 0 Å². The fourth-order valence-electron chi connectivity index (χ4n) is 5.93. The average molecular weight is 708 g/mol. The van der Waals surface area contributed by atoms with E-state index < -0.39 is 155 Å². The second kappa shape index (κ2) is 16.8. The molecule has 0 radical (unpaired) electrons. The van der Waals surface area contributed by atoms with Crippen molar-refractivity contribution in [1.29, 1.82) is 0 Å². The van der Waals surface area contributed by atoms with Gasteiger partial charge in [0, 0.05) is 6.92 Å². The number of hydrogen-bond donors (Lipinski definition) is 14. The molecule has 4 rings (SSSR count). The number of carbonyl (C=O) groups is 1. The van der Waals surface area contributed by atoms with Crippen LogP contribution < -0.4 is 5.32 Å². The van der Waals surface area contributed by atoms with Gasteiger partial charge in [0.15, 0.2) is 25.2 Å². The van der Waals surface area contributed by atoms with Crippen LogP contribution in [0.25, 0.3) is 0 Å². The van der Waals surface area contributed by atoms with Crippen molar-refractivity contribution >= 4 is 5.91 Å². The van der Waals surface area contributed by atoms with E-state index in [0.29, 0.717) is 0 Å². The molecule has 0 aromatic heterocycles. The van der Waals surface area contributed by atoms with Gasteiger partial charge >= 0.3 is 0 Å². The first-order chi connectivity index (χ1) is 22.7. The maximum absolute atomic E-state index is 11.8. The van der Waals surface area contributed by atoms with Crippen LogP contribution in [-0.2, 0) is 38.0 Å². The van der Waals surface area contributed by atoms with Crippen LogP contribution in [0.4, 0.5) is 0 Å². The molecule has 22 heteroatoms. The van der Waals surface area contributed by atoms with E-state index >= 15 is 0 Å². The maximum Gasteiger partial charge on any atom is 0.217 e. The highest BCUT2D eigenvalue weighted by Gasteiger charge is 2.55. The van der Waals surface area contributed by atoms with Crippen LogP contribution in [0.2, 0.25) is 0 Å². The van der Waals surface area contributed by atoms with Crippen LogP contribution in [0.5, 0.6) is 0 Å². The average Bonchev–Trinajstić information content (AvgIpc) is 3.05. The summed E-state index contributed by atoms with van der Waals surface area (Å²) in [6.45, 7) is -2.36. The summed E-state index contributed by atoms with van der Waals surface area (Å²) in [5.41, 5.74) is 0. The monoisotopic (exact) mass is 707 g/mol. The van der Waals surface area contributed by atoms with Crippen LogP contribution in [0.15, 0.2) is 0 Å². The van der Waals surface area contributed by atoms with Crippen molar-refractivity contribution in [3.8, 4) is 0 Å². The van der Waals surface area contributed by atoms with Gasteiger partial charge in [-0.05, 0) is 0 Å². The van der Waals surface area contributed by atoms with Crippen molar-refractivity contribution in [3.63, 3.8) is 0 Å². The highest BCUT2D eigenvalue weighted by atomic mass is 16.8. The van der Waals surface area contributed by atoms with Crippen LogP contribution >= 0.6 is 0 Å². The first-order valence-electron chi connectivity index (χ1n) is 15.1. The van der Waals surface area contributed by atoms with Gasteiger partial charge in [0.1, 0.15) is 97.6 Å². The Morgan fingerprint density at radius 1 is 0.500 bits per heavy atom. The molecule has 0 bridgehead atoms. The Hall–Kier alpha value is -1.33. The van der Waals surface area contributed by atoms with E-state index in [0.717, 1.165) is 6.92 Å². The van der Waals surface area contributed by atoms with E-state index in [2.05, 4.69) is 5.32 Å². The third-order valence-electron chi connectivity index (χ3n) is 8.61. The first kappa shape index (κ1) is 39.5. The normalized spacial score (nSPS) is 50.2. The van der Waals surface area contributed by atoms with Crippen molar-refractivity contribution in [3.05, 3.63) is 0 Å². The van der Waals surface area contributed by atoms with Crippen LogP contribution in [-0.4, -0.2) is 221 Å². The lowest BCUT2D eigenvalue weighted by Gasteiger charge is -2.49. The zero-order valence-corrected chi connectivity index (χ0v) is 25.5. The minimum Gasteiger partial charge on any atom is -0.394 e. The van der Waals surface area contributed by atoms with Crippen molar-refractivity contribution in [2.45, 2.75) is 130 Å². The number of amides is 1. The highest BCUT2D eigenvalue weighted by molar-refractivity contribution is 5.73. The Balaban J connectivity index is 1.56. The van der Waals surface area contributed by atoms with Gasteiger partial charge in [-0.2, -0.15) is 0 Å². The van der Waals surface area contributed by atoms with Crippen molar-refractivity contribution in [1.82, 2.24) is 5.32 Å². The number of rotatable bonds is 11. The summed E-state index contributed by atoms with van der Waals surface area (Å²) in [7, 11) is 0. The van der Waals surface area contributed by atoms with Crippen molar-refractivity contribution in [2.75, 3.05) is 26.4 Å². The summed E-state index contributed by atoms with van der Waals surface area (Å²) >= 11 is 0. The molecule has 0 aromatic rings. The molecule has 4 fully saturated rings. The summed E-state index contributed by atoms with van der Waals surface area (Å²) < 4.78 is 38.2. The molecule has 0 spiro atoms. The number of aliphatic hydroxyl groups excluding tert-OH is 13. The van der Waals surface area contributed by atoms with E-state index in [1.54, 1.807) is 0 Å². The molecule has 20 atom stereocenters. The molecule has 0 saturated carbocycles. The van der Waals surface area contributed by atoms with Crippen LogP contribution in [0, 0.1) is 0 Å². The number of carbonyl (C=O) groups excluding carboxylic acids is 1. The van der Waals surface area contributed by atoms with Gasteiger partial charge in [0.05, 0.1) is 26.4 Å². The second-order valence-electron chi connectivity index (χ2n) is 11.9. The van der Waals surface area contributed by atoms with Gasteiger partial charge in [-0.3, -0.25) is 4.79 Å². The molecule has 4 aliphatic rings. The molecule has 48 heavy (non-hydrogen) atoms. The predicted molar refractivity (Wildman–Crippen MR) is 145 cm³/mol. The molecule has 1 amide bonds. The second-order valence-corrected chi connectivity index (χ2v) is 11.9. The maximum atomic E-state index is 11.8. The topological polar surface area (TPSA) is 357 Å².